The molecule has 0 amide bonds. The zero-order chi connectivity index (χ0) is 11.3. The molecule has 4 heteroatoms. The SMILES string of the molecule is CNc1nc(C2CC2(C)C)nc2sccc12. The molecule has 2 aromatic rings. The van der Waals surface area contributed by atoms with Crippen LogP contribution >= 0.6 is 11.3 Å². The van der Waals surface area contributed by atoms with Gasteiger partial charge in [-0.15, -0.1) is 11.3 Å². The molecule has 1 N–H and O–H groups in total. The van der Waals surface area contributed by atoms with E-state index < -0.39 is 0 Å². The Morgan fingerprint density at radius 2 is 2.19 bits per heavy atom. The van der Waals surface area contributed by atoms with Crippen molar-refractivity contribution >= 4 is 27.4 Å². The second-order valence-electron chi connectivity index (χ2n) is 5.07. The fourth-order valence-corrected chi connectivity index (χ4v) is 2.90. The Morgan fingerprint density at radius 3 is 2.81 bits per heavy atom. The van der Waals surface area contributed by atoms with Gasteiger partial charge in [-0.25, -0.2) is 9.97 Å². The van der Waals surface area contributed by atoms with Crippen molar-refractivity contribution in [2.45, 2.75) is 26.2 Å². The number of fused-ring (bicyclic) bond motifs is 1. The van der Waals surface area contributed by atoms with Crippen molar-refractivity contribution < 1.29 is 0 Å². The number of thiophene rings is 1. The van der Waals surface area contributed by atoms with Gasteiger partial charge in [0, 0.05) is 13.0 Å². The summed E-state index contributed by atoms with van der Waals surface area (Å²) in [7, 11) is 1.92. The average molecular weight is 233 g/mol. The fourth-order valence-electron chi connectivity index (χ4n) is 2.13. The normalized spacial score (nSPS) is 22.3. The Kier molecular flexibility index (Phi) is 1.98. The Labute approximate surface area is 98.9 Å². The molecule has 1 unspecified atom stereocenters. The van der Waals surface area contributed by atoms with Gasteiger partial charge in [0.15, 0.2) is 0 Å². The Balaban J connectivity index is 2.13. The summed E-state index contributed by atoms with van der Waals surface area (Å²) in [5.74, 6) is 2.50. The first kappa shape index (κ1) is 10.0. The molecular formula is C12H15N3S. The highest BCUT2D eigenvalue weighted by molar-refractivity contribution is 7.16. The Bertz CT molecular complexity index is 544. The van der Waals surface area contributed by atoms with Crippen LogP contribution in [0.5, 0.6) is 0 Å². The molecule has 16 heavy (non-hydrogen) atoms. The van der Waals surface area contributed by atoms with E-state index in [4.69, 9.17) is 0 Å². The van der Waals surface area contributed by atoms with Gasteiger partial charge in [0.25, 0.3) is 0 Å². The third kappa shape index (κ3) is 1.40. The molecular weight excluding hydrogens is 218 g/mol. The number of nitrogens with one attached hydrogen (secondary N) is 1. The average Bonchev–Trinajstić information content (AvgIpc) is 2.71. The molecule has 1 saturated carbocycles. The highest BCUT2D eigenvalue weighted by atomic mass is 32.1. The third-order valence-electron chi connectivity index (χ3n) is 3.40. The van der Waals surface area contributed by atoms with Gasteiger partial charge in [-0.05, 0) is 23.3 Å². The van der Waals surface area contributed by atoms with Crippen molar-refractivity contribution in [1.29, 1.82) is 0 Å². The van der Waals surface area contributed by atoms with Crippen molar-refractivity contribution in [2.24, 2.45) is 5.41 Å². The summed E-state index contributed by atoms with van der Waals surface area (Å²) >= 11 is 1.69. The molecule has 0 aliphatic heterocycles. The van der Waals surface area contributed by atoms with E-state index in [1.54, 1.807) is 11.3 Å². The lowest BCUT2D eigenvalue weighted by atomic mass is 10.1. The van der Waals surface area contributed by atoms with Crippen molar-refractivity contribution in [3.05, 3.63) is 17.3 Å². The summed E-state index contributed by atoms with van der Waals surface area (Å²) in [6.45, 7) is 4.55. The molecule has 1 fully saturated rings. The summed E-state index contributed by atoms with van der Waals surface area (Å²) in [5.41, 5.74) is 0.385. The maximum absolute atomic E-state index is 4.67. The number of nitrogens with zero attached hydrogens (tertiary/aromatic N) is 2. The van der Waals surface area contributed by atoms with Gasteiger partial charge in [0.05, 0.1) is 5.39 Å². The number of rotatable bonds is 2. The van der Waals surface area contributed by atoms with Crippen molar-refractivity contribution in [2.75, 3.05) is 12.4 Å². The molecule has 0 aromatic carbocycles. The molecule has 0 saturated heterocycles. The first-order chi connectivity index (χ1) is 7.62. The lowest BCUT2D eigenvalue weighted by Crippen LogP contribution is -2.01. The van der Waals surface area contributed by atoms with Gasteiger partial charge < -0.3 is 5.32 Å². The standard InChI is InChI=1S/C12H15N3S/c1-12(2)6-8(12)10-14-9(13-3)7-4-5-16-11(7)15-10/h4-5,8H,6H2,1-3H3,(H,13,14,15). The molecule has 2 heterocycles. The molecule has 0 spiro atoms. The van der Waals surface area contributed by atoms with E-state index >= 15 is 0 Å². The van der Waals surface area contributed by atoms with Crippen molar-refractivity contribution in [1.82, 2.24) is 9.97 Å². The quantitative estimate of drug-likeness (QED) is 0.865. The zero-order valence-corrected chi connectivity index (χ0v) is 10.6. The number of aromatic nitrogens is 2. The van der Waals surface area contributed by atoms with E-state index in [0.717, 1.165) is 21.9 Å². The van der Waals surface area contributed by atoms with Crippen LogP contribution in [0.1, 0.15) is 32.0 Å². The van der Waals surface area contributed by atoms with E-state index in [9.17, 15) is 0 Å². The molecule has 1 aliphatic rings. The highest BCUT2D eigenvalue weighted by Crippen LogP contribution is 2.57. The summed E-state index contributed by atoms with van der Waals surface area (Å²) in [6, 6.07) is 2.08. The van der Waals surface area contributed by atoms with Crippen LogP contribution in [-0.2, 0) is 0 Å². The summed E-state index contributed by atoms with van der Waals surface area (Å²) in [4.78, 5) is 10.4. The van der Waals surface area contributed by atoms with Crippen LogP contribution in [0.25, 0.3) is 10.2 Å². The minimum Gasteiger partial charge on any atom is -0.372 e. The Hall–Kier alpha value is -1.16. The van der Waals surface area contributed by atoms with Gasteiger partial charge in [0.1, 0.15) is 16.5 Å². The second-order valence-corrected chi connectivity index (χ2v) is 5.96. The van der Waals surface area contributed by atoms with Gasteiger partial charge in [-0.1, -0.05) is 13.8 Å². The molecule has 1 atom stereocenters. The van der Waals surface area contributed by atoms with Crippen LogP contribution in [0.4, 0.5) is 5.82 Å². The van der Waals surface area contributed by atoms with E-state index in [-0.39, 0.29) is 0 Å². The van der Waals surface area contributed by atoms with Crippen molar-refractivity contribution in [3.8, 4) is 0 Å². The number of hydrogen-bond donors (Lipinski definition) is 1. The maximum Gasteiger partial charge on any atom is 0.138 e. The lowest BCUT2D eigenvalue weighted by molar-refractivity contribution is 0.610. The summed E-state index contributed by atoms with van der Waals surface area (Å²) in [5, 5.41) is 6.37. The van der Waals surface area contributed by atoms with Crippen LogP contribution in [0.15, 0.2) is 11.4 Å². The molecule has 0 bridgehead atoms. The summed E-state index contributed by atoms with van der Waals surface area (Å²) < 4.78 is 0. The van der Waals surface area contributed by atoms with E-state index in [1.807, 2.05) is 7.05 Å². The largest absolute Gasteiger partial charge is 0.372 e. The number of anilines is 1. The van der Waals surface area contributed by atoms with Crippen LogP contribution in [-0.4, -0.2) is 17.0 Å². The molecule has 0 radical (unpaired) electrons. The van der Waals surface area contributed by atoms with Crippen molar-refractivity contribution in [3.63, 3.8) is 0 Å². The highest BCUT2D eigenvalue weighted by Gasteiger charge is 2.48. The smallest absolute Gasteiger partial charge is 0.138 e. The monoisotopic (exact) mass is 233 g/mol. The predicted molar refractivity (Wildman–Crippen MR) is 68.1 cm³/mol. The van der Waals surface area contributed by atoms with E-state index in [1.165, 1.54) is 6.42 Å². The molecule has 3 rings (SSSR count). The van der Waals surface area contributed by atoms with Crippen LogP contribution in [0.2, 0.25) is 0 Å². The molecule has 84 valence electrons. The van der Waals surface area contributed by atoms with Gasteiger partial charge in [0.2, 0.25) is 0 Å². The zero-order valence-electron chi connectivity index (χ0n) is 9.74. The summed E-state index contributed by atoms with van der Waals surface area (Å²) in [6.07, 6.45) is 1.20. The third-order valence-corrected chi connectivity index (χ3v) is 4.21. The van der Waals surface area contributed by atoms with Crippen LogP contribution in [0.3, 0.4) is 0 Å². The van der Waals surface area contributed by atoms with E-state index in [2.05, 4.69) is 40.6 Å². The first-order valence-electron chi connectivity index (χ1n) is 5.55. The lowest BCUT2D eigenvalue weighted by Gasteiger charge is -2.06. The van der Waals surface area contributed by atoms with E-state index in [0.29, 0.717) is 11.3 Å². The fraction of sp³-hybridized carbons (Fsp3) is 0.500. The van der Waals surface area contributed by atoms with Crippen LogP contribution < -0.4 is 5.32 Å². The first-order valence-corrected chi connectivity index (χ1v) is 6.43. The topological polar surface area (TPSA) is 37.8 Å². The minimum atomic E-state index is 0.385. The second kappa shape index (κ2) is 3.17. The molecule has 3 nitrogen and oxygen atoms in total. The maximum atomic E-state index is 4.67. The van der Waals surface area contributed by atoms with Gasteiger partial charge in [-0.3, -0.25) is 0 Å². The minimum absolute atomic E-state index is 0.385. The number of hydrogen-bond acceptors (Lipinski definition) is 4. The van der Waals surface area contributed by atoms with Crippen LogP contribution in [0, 0.1) is 5.41 Å². The van der Waals surface area contributed by atoms with Gasteiger partial charge >= 0.3 is 0 Å². The molecule has 2 aromatic heterocycles. The Morgan fingerprint density at radius 1 is 1.44 bits per heavy atom. The predicted octanol–water partition coefficient (Wildman–Crippen LogP) is 3.25. The molecule has 1 aliphatic carbocycles. The van der Waals surface area contributed by atoms with Gasteiger partial charge in [-0.2, -0.15) is 0 Å².